The third kappa shape index (κ3) is 2.62. The second-order valence-electron chi connectivity index (χ2n) is 2.80. The first kappa shape index (κ1) is 9.20. The molecule has 2 heteroatoms. The van der Waals surface area contributed by atoms with Crippen molar-refractivity contribution < 1.29 is 4.39 Å². The van der Waals surface area contributed by atoms with Gasteiger partial charge in [-0.25, -0.2) is 4.39 Å². The fourth-order valence-electron chi connectivity index (χ4n) is 1.06. The predicted molar refractivity (Wildman–Crippen MR) is 48.9 cm³/mol. The van der Waals surface area contributed by atoms with E-state index >= 15 is 0 Å². The Kier molecular flexibility index (Phi) is 3.74. The molecule has 0 amide bonds. The van der Waals surface area contributed by atoms with Gasteiger partial charge in [0.1, 0.15) is 6.67 Å². The molecule has 1 nitrogen and oxygen atoms in total. The molecule has 0 heterocycles. The van der Waals surface area contributed by atoms with Crippen LogP contribution in [0, 0.1) is 0 Å². The molecular formula is C10H14FN. The Hall–Kier alpha value is -0.890. The second-order valence-corrected chi connectivity index (χ2v) is 2.80. The van der Waals surface area contributed by atoms with Crippen LogP contribution in [-0.2, 0) is 13.1 Å². The SMILES string of the molecule is CNCCc1ccc(CF)cc1. The van der Waals surface area contributed by atoms with Crippen molar-refractivity contribution in [3.63, 3.8) is 0 Å². The van der Waals surface area contributed by atoms with E-state index in [9.17, 15) is 4.39 Å². The van der Waals surface area contributed by atoms with E-state index in [4.69, 9.17) is 0 Å². The van der Waals surface area contributed by atoms with Crippen molar-refractivity contribution in [2.45, 2.75) is 13.1 Å². The lowest BCUT2D eigenvalue weighted by molar-refractivity contribution is 0.485. The molecule has 1 aromatic carbocycles. The molecule has 0 aliphatic rings. The Morgan fingerprint density at radius 1 is 1.17 bits per heavy atom. The van der Waals surface area contributed by atoms with Crippen molar-refractivity contribution in [2.24, 2.45) is 0 Å². The molecule has 1 rings (SSSR count). The van der Waals surface area contributed by atoms with Crippen LogP contribution < -0.4 is 5.32 Å². The maximum Gasteiger partial charge on any atom is 0.115 e. The van der Waals surface area contributed by atoms with Gasteiger partial charge in [-0.1, -0.05) is 24.3 Å². The summed E-state index contributed by atoms with van der Waals surface area (Å²) in [4.78, 5) is 0. The molecule has 0 saturated heterocycles. The van der Waals surface area contributed by atoms with Gasteiger partial charge in [0.2, 0.25) is 0 Å². The maximum atomic E-state index is 12.1. The molecular weight excluding hydrogens is 153 g/mol. The van der Waals surface area contributed by atoms with Gasteiger partial charge in [0.25, 0.3) is 0 Å². The molecule has 0 fully saturated rings. The average molecular weight is 167 g/mol. The van der Waals surface area contributed by atoms with Crippen LogP contribution in [0.5, 0.6) is 0 Å². The summed E-state index contributed by atoms with van der Waals surface area (Å²) in [6.07, 6.45) is 1.00. The summed E-state index contributed by atoms with van der Waals surface area (Å²) in [5.41, 5.74) is 2.00. The van der Waals surface area contributed by atoms with Gasteiger partial charge in [0.15, 0.2) is 0 Å². The Balaban J connectivity index is 2.53. The van der Waals surface area contributed by atoms with Gasteiger partial charge in [-0.3, -0.25) is 0 Å². The van der Waals surface area contributed by atoms with Crippen molar-refractivity contribution in [3.8, 4) is 0 Å². The van der Waals surface area contributed by atoms with Crippen molar-refractivity contribution in [1.82, 2.24) is 5.32 Å². The molecule has 0 spiro atoms. The van der Waals surface area contributed by atoms with E-state index in [0.29, 0.717) is 0 Å². The molecule has 0 atom stereocenters. The number of benzene rings is 1. The molecule has 12 heavy (non-hydrogen) atoms. The summed E-state index contributed by atoms with van der Waals surface area (Å²) in [7, 11) is 1.93. The van der Waals surface area contributed by atoms with Gasteiger partial charge in [0, 0.05) is 0 Å². The summed E-state index contributed by atoms with van der Waals surface area (Å²) in [5.74, 6) is 0. The summed E-state index contributed by atoms with van der Waals surface area (Å²) in [6.45, 7) is 0.598. The number of hydrogen-bond acceptors (Lipinski definition) is 1. The van der Waals surface area contributed by atoms with Crippen LogP contribution in [0.3, 0.4) is 0 Å². The van der Waals surface area contributed by atoms with Crippen LogP contribution in [0.4, 0.5) is 4.39 Å². The largest absolute Gasteiger partial charge is 0.319 e. The van der Waals surface area contributed by atoms with Gasteiger partial charge >= 0.3 is 0 Å². The summed E-state index contributed by atoms with van der Waals surface area (Å²) in [5, 5.41) is 3.07. The smallest absolute Gasteiger partial charge is 0.115 e. The summed E-state index contributed by atoms with van der Waals surface area (Å²) >= 11 is 0. The first-order valence-electron chi connectivity index (χ1n) is 4.15. The van der Waals surface area contributed by atoms with E-state index in [-0.39, 0.29) is 6.67 Å². The van der Waals surface area contributed by atoms with Crippen LogP contribution in [-0.4, -0.2) is 13.6 Å². The standard InChI is InChI=1S/C10H14FN/c1-12-7-6-9-2-4-10(8-11)5-3-9/h2-5,12H,6-8H2,1H3. The second kappa shape index (κ2) is 4.88. The normalized spacial score (nSPS) is 10.2. The molecule has 0 radical (unpaired) electrons. The Labute approximate surface area is 72.6 Å². The average Bonchev–Trinajstić information content (AvgIpc) is 2.15. The number of rotatable bonds is 4. The minimum Gasteiger partial charge on any atom is -0.319 e. The molecule has 66 valence electrons. The minimum atomic E-state index is -0.369. The highest BCUT2D eigenvalue weighted by atomic mass is 19.1. The van der Waals surface area contributed by atoms with E-state index in [1.165, 1.54) is 5.56 Å². The van der Waals surface area contributed by atoms with E-state index in [2.05, 4.69) is 5.32 Å². The number of hydrogen-bond donors (Lipinski definition) is 1. The van der Waals surface area contributed by atoms with E-state index in [1.54, 1.807) is 0 Å². The van der Waals surface area contributed by atoms with E-state index in [1.807, 2.05) is 31.3 Å². The lowest BCUT2D eigenvalue weighted by Crippen LogP contribution is -2.10. The Morgan fingerprint density at radius 2 is 1.75 bits per heavy atom. The quantitative estimate of drug-likeness (QED) is 0.722. The highest BCUT2D eigenvalue weighted by molar-refractivity contribution is 5.22. The lowest BCUT2D eigenvalue weighted by Gasteiger charge is -2.00. The van der Waals surface area contributed by atoms with E-state index < -0.39 is 0 Å². The van der Waals surface area contributed by atoms with Gasteiger partial charge < -0.3 is 5.32 Å². The molecule has 0 bridgehead atoms. The van der Waals surface area contributed by atoms with Crippen LogP contribution in [0.25, 0.3) is 0 Å². The van der Waals surface area contributed by atoms with Gasteiger partial charge in [0.05, 0.1) is 0 Å². The zero-order valence-electron chi connectivity index (χ0n) is 7.31. The van der Waals surface area contributed by atoms with Crippen molar-refractivity contribution in [1.29, 1.82) is 0 Å². The zero-order valence-corrected chi connectivity index (χ0v) is 7.31. The highest BCUT2D eigenvalue weighted by Crippen LogP contribution is 2.05. The Morgan fingerprint density at radius 3 is 2.25 bits per heavy atom. The molecule has 1 N–H and O–H groups in total. The molecule has 0 aromatic heterocycles. The van der Waals surface area contributed by atoms with Crippen LogP contribution in [0.2, 0.25) is 0 Å². The summed E-state index contributed by atoms with van der Waals surface area (Å²) in [6, 6.07) is 7.63. The number of likely N-dealkylation sites (N-methyl/N-ethyl adjacent to an activating group) is 1. The molecule has 1 aromatic rings. The first-order chi connectivity index (χ1) is 5.86. The number of halogens is 1. The van der Waals surface area contributed by atoms with Gasteiger partial charge in [-0.05, 0) is 31.1 Å². The number of alkyl halides is 1. The molecule has 0 aliphatic carbocycles. The molecule has 0 saturated carbocycles. The minimum absolute atomic E-state index is 0.369. The topological polar surface area (TPSA) is 12.0 Å². The van der Waals surface area contributed by atoms with Crippen LogP contribution >= 0.6 is 0 Å². The van der Waals surface area contributed by atoms with E-state index in [0.717, 1.165) is 18.5 Å². The fourth-order valence-corrected chi connectivity index (χ4v) is 1.06. The van der Waals surface area contributed by atoms with Crippen LogP contribution in [0.15, 0.2) is 24.3 Å². The molecule has 0 unspecified atom stereocenters. The van der Waals surface area contributed by atoms with Gasteiger partial charge in [-0.15, -0.1) is 0 Å². The predicted octanol–water partition coefficient (Wildman–Crippen LogP) is 1.92. The van der Waals surface area contributed by atoms with Crippen molar-refractivity contribution in [2.75, 3.05) is 13.6 Å². The number of nitrogens with one attached hydrogen (secondary N) is 1. The van der Waals surface area contributed by atoms with Gasteiger partial charge in [-0.2, -0.15) is 0 Å². The zero-order chi connectivity index (χ0) is 8.81. The highest BCUT2D eigenvalue weighted by Gasteiger charge is 1.92. The lowest BCUT2D eigenvalue weighted by atomic mass is 10.1. The maximum absolute atomic E-state index is 12.1. The molecule has 0 aliphatic heterocycles. The fraction of sp³-hybridized carbons (Fsp3) is 0.400. The Bertz CT molecular complexity index is 218. The monoisotopic (exact) mass is 167 g/mol. The van der Waals surface area contributed by atoms with Crippen molar-refractivity contribution >= 4 is 0 Å². The van der Waals surface area contributed by atoms with Crippen LogP contribution in [0.1, 0.15) is 11.1 Å². The summed E-state index contributed by atoms with van der Waals surface area (Å²) < 4.78 is 12.1. The van der Waals surface area contributed by atoms with Crippen molar-refractivity contribution in [3.05, 3.63) is 35.4 Å². The first-order valence-corrected chi connectivity index (χ1v) is 4.15. The third-order valence-electron chi connectivity index (χ3n) is 1.84. The third-order valence-corrected chi connectivity index (χ3v) is 1.84.